The minimum atomic E-state index is 0.429. The minimum absolute atomic E-state index is 0.429. The number of rotatable bonds is 4. The Bertz CT molecular complexity index is 273. The summed E-state index contributed by atoms with van der Waals surface area (Å²) >= 11 is 1.79. The predicted octanol–water partition coefficient (Wildman–Crippen LogP) is 3.98. The van der Waals surface area contributed by atoms with E-state index >= 15 is 0 Å². The molecule has 1 fully saturated rings. The number of aryl methyl sites for hydroxylation is 1. The van der Waals surface area contributed by atoms with Crippen molar-refractivity contribution in [3.8, 4) is 0 Å². The molecule has 1 atom stereocenters. The lowest BCUT2D eigenvalue weighted by Gasteiger charge is -2.22. The molecule has 0 bridgehead atoms. The van der Waals surface area contributed by atoms with Gasteiger partial charge in [0.15, 0.2) is 0 Å². The van der Waals surface area contributed by atoms with Crippen LogP contribution in [0.4, 0.5) is 0 Å². The van der Waals surface area contributed by atoms with Crippen LogP contribution in [0.3, 0.4) is 0 Å². The van der Waals surface area contributed by atoms with Crippen LogP contribution in [-0.2, 0) is 6.42 Å². The van der Waals surface area contributed by atoms with Crippen LogP contribution in [-0.4, -0.2) is 6.04 Å². The topological polar surface area (TPSA) is 26.0 Å². The van der Waals surface area contributed by atoms with Gasteiger partial charge in [0.05, 0.1) is 0 Å². The van der Waals surface area contributed by atoms with Crippen LogP contribution < -0.4 is 5.73 Å². The Labute approximate surface area is 103 Å². The summed E-state index contributed by atoms with van der Waals surface area (Å²) in [4.78, 5) is 0. The Kier molecular flexibility index (Phi) is 4.86. The summed E-state index contributed by atoms with van der Waals surface area (Å²) in [5.41, 5.74) is 7.80. The van der Waals surface area contributed by atoms with E-state index in [9.17, 15) is 0 Å². The number of hydrogen-bond acceptors (Lipinski definition) is 2. The number of hydrogen-bond donors (Lipinski definition) is 1. The third-order valence-electron chi connectivity index (χ3n) is 3.85. The average molecular weight is 237 g/mol. The second-order valence-electron chi connectivity index (χ2n) is 5.09. The van der Waals surface area contributed by atoms with E-state index in [-0.39, 0.29) is 0 Å². The average Bonchev–Trinajstić information content (AvgIpc) is 2.66. The predicted molar refractivity (Wildman–Crippen MR) is 71.8 cm³/mol. The fourth-order valence-corrected chi connectivity index (χ4v) is 3.45. The fraction of sp³-hybridized carbons (Fsp3) is 0.714. The van der Waals surface area contributed by atoms with Gasteiger partial charge in [0.1, 0.15) is 0 Å². The Morgan fingerprint density at radius 2 is 2.00 bits per heavy atom. The van der Waals surface area contributed by atoms with Crippen molar-refractivity contribution in [2.24, 2.45) is 11.7 Å². The fourth-order valence-electron chi connectivity index (χ4n) is 2.74. The lowest BCUT2D eigenvalue weighted by atomic mass is 9.89. The summed E-state index contributed by atoms with van der Waals surface area (Å²) in [5.74, 6) is 0.793. The zero-order valence-electron chi connectivity index (χ0n) is 10.0. The van der Waals surface area contributed by atoms with Gasteiger partial charge in [-0.15, -0.1) is 0 Å². The minimum Gasteiger partial charge on any atom is -0.327 e. The van der Waals surface area contributed by atoms with E-state index in [0.29, 0.717) is 6.04 Å². The van der Waals surface area contributed by atoms with E-state index in [0.717, 1.165) is 5.92 Å². The van der Waals surface area contributed by atoms with Gasteiger partial charge in [-0.3, -0.25) is 0 Å². The molecule has 0 aromatic carbocycles. The van der Waals surface area contributed by atoms with Crippen molar-refractivity contribution in [3.05, 3.63) is 22.4 Å². The quantitative estimate of drug-likeness (QED) is 0.788. The first kappa shape index (κ1) is 12.1. The van der Waals surface area contributed by atoms with Gasteiger partial charge in [-0.1, -0.05) is 25.7 Å². The monoisotopic (exact) mass is 237 g/mol. The molecule has 1 aliphatic carbocycles. The third kappa shape index (κ3) is 3.60. The molecule has 1 aliphatic rings. The molecular weight excluding hydrogens is 214 g/mol. The maximum atomic E-state index is 6.34. The largest absolute Gasteiger partial charge is 0.327 e. The highest BCUT2D eigenvalue weighted by Gasteiger charge is 2.19. The van der Waals surface area contributed by atoms with Crippen molar-refractivity contribution < 1.29 is 0 Å². The van der Waals surface area contributed by atoms with Gasteiger partial charge >= 0.3 is 0 Å². The number of thiophene rings is 1. The van der Waals surface area contributed by atoms with Gasteiger partial charge in [0.25, 0.3) is 0 Å². The summed E-state index contributed by atoms with van der Waals surface area (Å²) in [6.45, 7) is 0. The van der Waals surface area contributed by atoms with Crippen LogP contribution in [0.25, 0.3) is 0 Å². The van der Waals surface area contributed by atoms with E-state index in [1.807, 2.05) is 0 Å². The van der Waals surface area contributed by atoms with Gasteiger partial charge in [0, 0.05) is 6.04 Å². The highest BCUT2D eigenvalue weighted by atomic mass is 32.1. The van der Waals surface area contributed by atoms with Crippen LogP contribution in [0.15, 0.2) is 16.8 Å². The first-order valence-corrected chi connectivity index (χ1v) is 7.57. The van der Waals surface area contributed by atoms with Crippen LogP contribution in [0.5, 0.6) is 0 Å². The van der Waals surface area contributed by atoms with Crippen molar-refractivity contribution in [1.82, 2.24) is 0 Å². The van der Waals surface area contributed by atoms with E-state index in [1.54, 1.807) is 11.3 Å². The molecule has 1 aromatic heterocycles. The van der Waals surface area contributed by atoms with E-state index in [4.69, 9.17) is 5.73 Å². The van der Waals surface area contributed by atoms with E-state index < -0.39 is 0 Å². The molecular formula is C14H23NS. The third-order valence-corrected chi connectivity index (χ3v) is 4.58. The molecule has 0 spiro atoms. The van der Waals surface area contributed by atoms with Crippen molar-refractivity contribution in [2.45, 2.75) is 57.4 Å². The summed E-state index contributed by atoms with van der Waals surface area (Å²) < 4.78 is 0. The second-order valence-corrected chi connectivity index (χ2v) is 5.87. The molecule has 1 saturated carbocycles. The molecule has 2 N–H and O–H groups in total. The van der Waals surface area contributed by atoms with Gasteiger partial charge < -0.3 is 5.73 Å². The summed E-state index contributed by atoms with van der Waals surface area (Å²) in [6.07, 6.45) is 10.7. The summed E-state index contributed by atoms with van der Waals surface area (Å²) in [6, 6.07) is 2.66. The molecule has 0 amide bonds. The highest BCUT2D eigenvalue weighted by molar-refractivity contribution is 7.07. The summed E-state index contributed by atoms with van der Waals surface area (Å²) in [7, 11) is 0. The van der Waals surface area contributed by atoms with Crippen LogP contribution >= 0.6 is 11.3 Å². The maximum Gasteiger partial charge on any atom is 0.00703 e. The van der Waals surface area contributed by atoms with E-state index in [2.05, 4.69) is 16.8 Å². The van der Waals surface area contributed by atoms with Gasteiger partial charge in [0.2, 0.25) is 0 Å². The van der Waals surface area contributed by atoms with Crippen molar-refractivity contribution in [2.75, 3.05) is 0 Å². The van der Waals surface area contributed by atoms with Crippen molar-refractivity contribution >= 4 is 11.3 Å². The molecule has 1 unspecified atom stereocenters. The Morgan fingerprint density at radius 1 is 1.25 bits per heavy atom. The molecule has 1 nitrogen and oxygen atoms in total. The first-order valence-electron chi connectivity index (χ1n) is 6.63. The van der Waals surface area contributed by atoms with Crippen LogP contribution in [0.1, 0.15) is 50.5 Å². The highest BCUT2D eigenvalue weighted by Crippen LogP contribution is 2.26. The first-order chi connectivity index (χ1) is 7.86. The molecule has 0 radical (unpaired) electrons. The Morgan fingerprint density at radius 3 is 2.62 bits per heavy atom. The summed E-state index contributed by atoms with van der Waals surface area (Å²) in [5, 5.41) is 4.41. The van der Waals surface area contributed by atoms with Crippen LogP contribution in [0, 0.1) is 5.92 Å². The van der Waals surface area contributed by atoms with Crippen molar-refractivity contribution in [1.29, 1.82) is 0 Å². The molecule has 16 heavy (non-hydrogen) atoms. The standard InChI is InChI=1S/C14H23NS/c15-14(8-7-12-9-10-16-11-12)13-5-3-1-2-4-6-13/h9-11,13-14H,1-8,15H2. The lowest BCUT2D eigenvalue weighted by molar-refractivity contribution is 0.359. The molecule has 1 heterocycles. The smallest absolute Gasteiger partial charge is 0.00703 e. The Balaban J connectivity index is 1.75. The molecule has 1 aromatic rings. The molecule has 2 rings (SSSR count). The second kappa shape index (κ2) is 6.41. The van der Waals surface area contributed by atoms with Crippen LogP contribution in [0.2, 0.25) is 0 Å². The molecule has 0 saturated heterocycles. The normalized spacial score (nSPS) is 20.6. The maximum absolute atomic E-state index is 6.34. The Hall–Kier alpha value is -0.340. The SMILES string of the molecule is NC(CCc1ccsc1)C1CCCCCC1. The zero-order chi connectivity index (χ0) is 11.2. The number of nitrogens with two attached hydrogens (primary N) is 1. The lowest BCUT2D eigenvalue weighted by Crippen LogP contribution is -2.30. The molecule has 90 valence electrons. The molecule has 0 aliphatic heterocycles. The van der Waals surface area contributed by atoms with Gasteiger partial charge in [-0.25, -0.2) is 0 Å². The van der Waals surface area contributed by atoms with E-state index in [1.165, 1.54) is 56.9 Å². The molecule has 2 heteroatoms. The zero-order valence-corrected chi connectivity index (χ0v) is 10.8. The van der Waals surface area contributed by atoms with Gasteiger partial charge in [-0.05, 0) is 54.0 Å². The van der Waals surface area contributed by atoms with Crippen molar-refractivity contribution in [3.63, 3.8) is 0 Å². The van der Waals surface area contributed by atoms with Gasteiger partial charge in [-0.2, -0.15) is 11.3 Å².